The van der Waals surface area contributed by atoms with Gasteiger partial charge in [-0.25, -0.2) is 0 Å². The number of thiophene rings is 1. The van der Waals surface area contributed by atoms with Crippen LogP contribution < -0.4 is 5.32 Å². The van der Waals surface area contributed by atoms with E-state index in [0.717, 1.165) is 24.7 Å². The minimum absolute atomic E-state index is 0.0650. The smallest absolute Gasteiger partial charge is 0.248 e. The Morgan fingerprint density at radius 1 is 1.38 bits per heavy atom. The molecule has 1 saturated carbocycles. The number of rotatable bonds is 7. The van der Waals surface area contributed by atoms with Gasteiger partial charge in [0.15, 0.2) is 0 Å². The maximum Gasteiger partial charge on any atom is 0.248 e. The maximum absolute atomic E-state index is 12.0. The molecule has 6 nitrogen and oxygen atoms in total. The van der Waals surface area contributed by atoms with Crippen LogP contribution in [0.3, 0.4) is 0 Å². The molecular weight excluding hydrogens is 324 g/mol. The molecule has 7 heteroatoms. The molecule has 1 unspecified atom stereocenters. The zero-order valence-corrected chi connectivity index (χ0v) is 14.4. The van der Waals surface area contributed by atoms with Gasteiger partial charge >= 0.3 is 0 Å². The van der Waals surface area contributed by atoms with E-state index in [0.29, 0.717) is 30.5 Å². The molecule has 1 aliphatic carbocycles. The van der Waals surface area contributed by atoms with Crippen LogP contribution >= 0.6 is 11.3 Å². The number of nitrogens with zero attached hydrogens (tertiary/aromatic N) is 3. The number of hydrogen-bond acceptors (Lipinski definition) is 6. The van der Waals surface area contributed by atoms with Gasteiger partial charge in [0.1, 0.15) is 0 Å². The van der Waals surface area contributed by atoms with E-state index in [1.165, 1.54) is 25.8 Å². The first kappa shape index (κ1) is 15.8. The van der Waals surface area contributed by atoms with Crippen LogP contribution in [-0.2, 0) is 11.2 Å². The van der Waals surface area contributed by atoms with Crippen molar-refractivity contribution in [3.8, 4) is 11.5 Å². The van der Waals surface area contributed by atoms with Crippen LogP contribution in [0.25, 0.3) is 11.5 Å². The van der Waals surface area contributed by atoms with Crippen LogP contribution in [0, 0.1) is 5.92 Å². The minimum Gasteiger partial charge on any atom is -0.421 e. The highest BCUT2D eigenvalue weighted by Gasteiger charge is 2.34. The number of aryl methyl sites for hydroxylation is 1. The van der Waals surface area contributed by atoms with Crippen molar-refractivity contribution in [3.63, 3.8) is 0 Å². The van der Waals surface area contributed by atoms with Gasteiger partial charge in [0.05, 0.1) is 0 Å². The van der Waals surface area contributed by atoms with Crippen molar-refractivity contribution in [2.24, 2.45) is 5.92 Å². The van der Waals surface area contributed by atoms with E-state index in [9.17, 15) is 4.79 Å². The number of hydrogen-bond donors (Lipinski definition) is 1. The molecular formula is C17H22N4O2S. The van der Waals surface area contributed by atoms with Crippen molar-refractivity contribution in [1.82, 2.24) is 20.4 Å². The van der Waals surface area contributed by atoms with E-state index >= 15 is 0 Å². The van der Waals surface area contributed by atoms with Gasteiger partial charge in [0.25, 0.3) is 0 Å². The van der Waals surface area contributed by atoms with E-state index in [1.54, 1.807) is 11.3 Å². The number of amides is 1. The van der Waals surface area contributed by atoms with Crippen molar-refractivity contribution in [3.05, 3.63) is 22.7 Å². The second-order valence-electron chi connectivity index (χ2n) is 6.70. The summed E-state index contributed by atoms with van der Waals surface area (Å²) < 4.78 is 5.60. The number of likely N-dealkylation sites (tertiary alicyclic amines) is 1. The van der Waals surface area contributed by atoms with E-state index in [2.05, 4.69) is 20.4 Å². The summed E-state index contributed by atoms with van der Waals surface area (Å²) in [6, 6.07) is 2.78. The first-order valence-electron chi connectivity index (χ1n) is 8.63. The molecule has 2 aromatic heterocycles. The number of nitrogens with one attached hydrogen (secondary N) is 1. The first-order valence-corrected chi connectivity index (χ1v) is 9.58. The molecule has 2 fully saturated rings. The van der Waals surface area contributed by atoms with Gasteiger partial charge < -0.3 is 14.6 Å². The Balaban J connectivity index is 1.18. The normalized spacial score (nSPS) is 21.2. The molecule has 1 atom stereocenters. The van der Waals surface area contributed by atoms with Gasteiger partial charge in [0, 0.05) is 42.9 Å². The molecule has 1 saturated heterocycles. The fourth-order valence-corrected chi connectivity index (χ4v) is 3.85. The number of aromatic nitrogens is 2. The lowest BCUT2D eigenvalue weighted by molar-refractivity contribution is -0.121. The van der Waals surface area contributed by atoms with Crippen molar-refractivity contribution in [2.45, 2.75) is 38.1 Å². The number of carbonyl (C=O) groups is 1. The molecule has 0 radical (unpaired) electrons. The van der Waals surface area contributed by atoms with Gasteiger partial charge in [-0.1, -0.05) is 0 Å². The number of carbonyl (C=O) groups excluding carboxylic acids is 1. The maximum atomic E-state index is 12.0. The zero-order valence-electron chi connectivity index (χ0n) is 13.6. The highest BCUT2D eigenvalue weighted by atomic mass is 32.1. The Labute approximate surface area is 145 Å². The highest BCUT2D eigenvalue weighted by Crippen LogP contribution is 2.31. The van der Waals surface area contributed by atoms with Crippen molar-refractivity contribution >= 4 is 17.2 Å². The molecule has 128 valence electrons. The van der Waals surface area contributed by atoms with Gasteiger partial charge in [-0.05, 0) is 43.2 Å². The van der Waals surface area contributed by atoms with Crippen LogP contribution in [-0.4, -0.2) is 46.7 Å². The van der Waals surface area contributed by atoms with E-state index in [1.807, 2.05) is 16.8 Å². The lowest BCUT2D eigenvalue weighted by Crippen LogP contribution is -2.31. The Morgan fingerprint density at radius 3 is 3.08 bits per heavy atom. The summed E-state index contributed by atoms with van der Waals surface area (Å²) in [5, 5.41) is 15.0. The Bertz CT molecular complexity index is 681. The molecule has 1 aliphatic heterocycles. The van der Waals surface area contributed by atoms with Gasteiger partial charge in [-0.2, -0.15) is 11.3 Å². The minimum atomic E-state index is 0.0650. The molecule has 2 aromatic rings. The molecule has 1 amide bonds. The van der Waals surface area contributed by atoms with Crippen molar-refractivity contribution < 1.29 is 9.21 Å². The molecule has 0 bridgehead atoms. The molecule has 4 rings (SSSR count). The molecule has 3 heterocycles. The topological polar surface area (TPSA) is 71.3 Å². The first-order chi connectivity index (χ1) is 11.8. The average molecular weight is 346 g/mol. The van der Waals surface area contributed by atoms with Crippen LogP contribution in [0.2, 0.25) is 0 Å². The summed E-state index contributed by atoms with van der Waals surface area (Å²) in [5.74, 6) is 1.71. The van der Waals surface area contributed by atoms with Crippen LogP contribution in [0.4, 0.5) is 0 Å². The van der Waals surface area contributed by atoms with Gasteiger partial charge in [-0.3, -0.25) is 4.79 Å². The molecule has 24 heavy (non-hydrogen) atoms. The van der Waals surface area contributed by atoms with Crippen LogP contribution in [0.1, 0.15) is 31.6 Å². The van der Waals surface area contributed by atoms with E-state index in [4.69, 9.17) is 4.42 Å². The Morgan fingerprint density at radius 2 is 2.29 bits per heavy atom. The third kappa shape index (κ3) is 3.84. The lowest BCUT2D eigenvalue weighted by Gasteiger charge is -2.15. The molecule has 2 aliphatic rings. The van der Waals surface area contributed by atoms with Gasteiger partial charge in [-0.15, -0.1) is 10.2 Å². The summed E-state index contributed by atoms with van der Waals surface area (Å²) in [4.78, 5) is 14.6. The summed E-state index contributed by atoms with van der Waals surface area (Å²) in [6.45, 7) is 3.11. The monoisotopic (exact) mass is 346 g/mol. The molecule has 0 spiro atoms. The molecule has 0 aromatic carbocycles. The zero-order chi connectivity index (χ0) is 16.4. The second kappa shape index (κ2) is 7.03. The lowest BCUT2D eigenvalue weighted by atomic mass is 10.1. The second-order valence-corrected chi connectivity index (χ2v) is 7.48. The average Bonchev–Trinajstić information content (AvgIpc) is 3.03. The summed E-state index contributed by atoms with van der Waals surface area (Å²) >= 11 is 1.59. The molecule has 1 N–H and O–H groups in total. The van der Waals surface area contributed by atoms with Gasteiger partial charge in [0.2, 0.25) is 17.7 Å². The largest absolute Gasteiger partial charge is 0.421 e. The summed E-state index contributed by atoms with van der Waals surface area (Å²) in [7, 11) is 0. The third-order valence-corrected chi connectivity index (χ3v) is 5.45. The summed E-state index contributed by atoms with van der Waals surface area (Å²) in [6.07, 6.45) is 4.80. The summed E-state index contributed by atoms with van der Waals surface area (Å²) in [5.41, 5.74) is 0.935. The standard InChI is InChI=1S/C17H22N4O2S/c22-15(18-9-12-5-7-21(10-12)14-1-2-14)3-4-16-19-20-17(23-16)13-6-8-24-11-13/h6,8,11-12,14H,1-5,7,9-10H2,(H,18,22). The van der Waals surface area contributed by atoms with Crippen LogP contribution in [0.5, 0.6) is 0 Å². The van der Waals surface area contributed by atoms with E-state index in [-0.39, 0.29) is 5.91 Å². The Hall–Kier alpha value is -1.73. The van der Waals surface area contributed by atoms with E-state index < -0.39 is 0 Å². The fraction of sp³-hybridized carbons (Fsp3) is 0.588. The predicted molar refractivity (Wildman–Crippen MR) is 91.6 cm³/mol. The Kier molecular flexibility index (Phi) is 4.62. The van der Waals surface area contributed by atoms with Crippen LogP contribution in [0.15, 0.2) is 21.2 Å². The van der Waals surface area contributed by atoms with Crippen molar-refractivity contribution in [1.29, 1.82) is 0 Å². The predicted octanol–water partition coefficient (Wildman–Crippen LogP) is 2.33. The quantitative estimate of drug-likeness (QED) is 0.833. The SMILES string of the molecule is O=C(CCc1nnc(-c2ccsc2)o1)NCC1CCN(C2CC2)C1. The van der Waals surface area contributed by atoms with Crippen molar-refractivity contribution in [2.75, 3.05) is 19.6 Å². The highest BCUT2D eigenvalue weighted by molar-refractivity contribution is 7.08. The fourth-order valence-electron chi connectivity index (χ4n) is 3.23. The third-order valence-electron chi connectivity index (χ3n) is 4.77.